The minimum Gasteiger partial charge on any atom is -0.391 e. The van der Waals surface area contributed by atoms with Crippen molar-refractivity contribution in [1.82, 2.24) is 9.55 Å². The minimum atomic E-state index is -0.182. The highest BCUT2D eigenvalue weighted by molar-refractivity contribution is 14.1. The number of nitrogens with zero attached hydrogens (tertiary/aromatic N) is 2. The second kappa shape index (κ2) is 4.01. The number of hydrogen-bond acceptors (Lipinski definition) is 2. The van der Waals surface area contributed by atoms with Gasteiger partial charge in [-0.05, 0) is 64.4 Å². The normalized spacial score (nSPS) is 28.2. The van der Waals surface area contributed by atoms with Crippen LogP contribution in [0.5, 0.6) is 0 Å². The Balaban J connectivity index is 2.29. The van der Waals surface area contributed by atoms with Crippen LogP contribution in [-0.4, -0.2) is 20.8 Å². The van der Waals surface area contributed by atoms with E-state index in [1.54, 1.807) is 0 Å². The third-order valence-electron chi connectivity index (χ3n) is 2.49. The van der Waals surface area contributed by atoms with E-state index in [2.05, 4.69) is 54.7 Å². The first-order chi connectivity index (χ1) is 6.20. The Labute approximate surface area is 104 Å². The summed E-state index contributed by atoms with van der Waals surface area (Å²) in [6.07, 6.45) is 4.77. The molecule has 1 aromatic heterocycles. The fourth-order valence-corrected chi connectivity index (χ4v) is 2.82. The quantitative estimate of drug-likeness (QED) is 0.730. The average Bonchev–Trinajstić information content (AvgIpc) is 2.62. The molecule has 1 aromatic rings. The zero-order valence-corrected chi connectivity index (χ0v) is 11.3. The fraction of sp³-hybridized carbons (Fsp3) is 0.625. The van der Waals surface area contributed by atoms with Gasteiger partial charge in [0.15, 0.2) is 0 Å². The highest BCUT2D eigenvalue weighted by atomic mass is 127. The van der Waals surface area contributed by atoms with Crippen LogP contribution in [0.3, 0.4) is 0 Å². The maximum atomic E-state index is 9.72. The summed E-state index contributed by atoms with van der Waals surface area (Å²) >= 11 is 4.50. The van der Waals surface area contributed by atoms with Crippen molar-refractivity contribution < 1.29 is 5.11 Å². The van der Waals surface area contributed by atoms with Gasteiger partial charge < -0.3 is 9.67 Å². The smallest absolute Gasteiger partial charge is 0.132 e. The molecule has 5 heteroatoms. The maximum Gasteiger partial charge on any atom is 0.132 e. The lowest BCUT2D eigenvalue weighted by Crippen LogP contribution is -2.18. The van der Waals surface area contributed by atoms with E-state index < -0.39 is 0 Å². The molecule has 0 amide bonds. The topological polar surface area (TPSA) is 38.0 Å². The molecule has 0 unspecified atom stereocenters. The molecular weight excluding hydrogens is 394 g/mol. The van der Waals surface area contributed by atoms with Crippen molar-refractivity contribution in [2.75, 3.05) is 0 Å². The largest absolute Gasteiger partial charge is 0.391 e. The summed E-state index contributed by atoms with van der Waals surface area (Å²) in [5, 5.41) is 9.72. The fourth-order valence-electron chi connectivity index (χ4n) is 1.80. The molecule has 0 aromatic carbocycles. The van der Waals surface area contributed by atoms with Crippen molar-refractivity contribution in [3.05, 3.63) is 13.7 Å². The van der Waals surface area contributed by atoms with E-state index in [1.807, 2.05) is 6.33 Å². The molecule has 0 aliphatic heterocycles. The van der Waals surface area contributed by atoms with Gasteiger partial charge in [0.2, 0.25) is 0 Å². The summed E-state index contributed by atoms with van der Waals surface area (Å²) in [7, 11) is 0. The molecule has 13 heavy (non-hydrogen) atoms. The molecule has 1 heterocycles. The Morgan fingerprint density at radius 3 is 2.69 bits per heavy atom. The summed E-state index contributed by atoms with van der Waals surface area (Å²) in [5.74, 6) is 0. The second-order valence-electron chi connectivity index (χ2n) is 3.30. The molecule has 1 aliphatic carbocycles. The molecule has 0 bridgehead atoms. The summed E-state index contributed by atoms with van der Waals surface area (Å²) in [5.41, 5.74) is 0. The molecule has 3 nitrogen and oxygen atoms in total. The van der Waals surface area contributed by atoms with Crippen LogP contribution in [0.2, 0.25) is 0 Å². The van der Waals surface area contributed by atoms with Crippen LogP contribution >= 0.6 is 45.2 Å². The first kappa shape index (κ1) is 10.2. The van der Waals surface area contributed by atoms with E-state index in [0.29, 0.717) is 0 Å². The van der Waals surface area contributed by atoms with Gasteiger partial charge in [-0.25, -0.2) is 4.98 Å². The molecular formula is C8H10I2N2O. The van der Waals surface area contributed by atoms with Gasteiger partial charge in [0.05, 0.1) is 18.5 Å². The van der Waals surface area contributed by atoms with E-state index in [1.165, 1.54) is 0 Å². The van der Waals surface area contributed by atoms with E-state index >= 15 is 0 Å². The average molecular weight is 404 g/mol. The second-order valence-corrected chi connectivity index (χ2v) is 5.34. The summed E-state index contributed by atoms with van der Waals surface area (Å²) in [4.78, 5) is 4.23. The molecule has 1 saturated carbocycles. The van der Waals surface area contributed by atoms with E-state index in [4.69, 9.17) is 0 Å². The third kappa shape index (κ3) is 1.87. The van der Waals surface area contributed by atoms with Gasteiger partial charge in [0.25, 0.3) is 0 Å². The van der Waals surface area contributed by atoms with E-state index in [-0.39, 0.29) is 12.1 Å². The standard InChI is InChI=1S/C8H10I2N2O/c9-7-8(10)12(4-11-7)5-2-1-3-6(5)13/h4-6,13H,1-3H2/t5-,6-/m0/s1. The number of aliphatic hydroxyl groups excluding tert-OH is 1. The predicted molar refractivity (Wildman–Crippen MR) is 66.6 cm³/mol. The van der Waals surface area contributed by atoms with Gasteiger partial charge in [-0.15, -0.1) is 0 Å². The Bertz CT molecular complexity index is 313. The molecule has 1 aliphatic rings. The zero-order chi connectivity index (χ0) is 9.42. The molecule has 72 valence electrons. The number of imidazole rings is 1. The van der Waals surface area contributed by atoms with Gasteiger partial charge in [-0.1, -0.05) is 0 Å². The van der Waals surface area contributed by atoms with Crippen LogP contribution < -0.4 is 0 Å². The lowest BCUT2D eigenvalue weighted by atomic mass is 10.2. The number of hydrogen-bond donors (Lipinski definition) is 1. The van der Waals surface area contributed by atoms with E-state index in [0.717, 1.165) is 26.7 Å². The highest BCUT2D eigenvalue weighted by Crippen LogP contribution is 2.32. The van der Waals surface area contributed by atoms with Crippen LogP contribution in [0.25, 0.3) is 0 Å². The Kier molecular flexibility index (Phi) is 3.14. The lowest BCUT2D eigenvalue weighted by molar-refractivity contribution is 0.135. The van der Waals surface area contributed by atoms with Gasteiger partial charge in [-0.2, -0.15) is 0 Å². The first-order valence-corrected chi connectivity index (χ1v) is 6.42. The highest BCUT2D eigenvalue weighted by Gasteiger charge is 2.28. The van der Waals surface area contributed by atoms with Crippen LogP contribution in [-0.2, 0) is 0 Å². The van der Waals surface area contributed by atoms with Crippen molar-refractivity contribution in [3.63, 3.8) is 0 Å². The maximum absolute atomic E-state index is 9.72. The summed E-state index contributed by atoms with van der Waals surface area (Å²) in [6.45, 7) is 0. The Morgan fingerprint density at radius 1 is 1.46 bits per heavy atom. The number of aromatic nitrogens is 2. The van der Waals surface area contributed by atoms with Crippen molar-refractivity contribution >= 4 is 45.2 Å². The molecule has 0 radical (unpaired) electrons. The SMILES string of the molecule is O[C@H]1CCC[C@@H]1n1cnc(I)c1I. The van der Waals surface area contributed by atoms with Gasteiger partial charge in [0.1, 0.15) is 7.40 Å². The van der Waals surface area contributed by atoms with Gasteiger partial charge >= 0.3 is 0 Å². The Hall–Kier alpha value is 0.630. The lowest BCUT2D eigenvalue weighted by Gasteiger charge is -2.16. The van der Waals surface area contributed by atoms with Crippen molar-refractivity contribution in [2.24, 2.45) is 0 Å². The van der Waals surface area contributed by atoms with Crippen molar-refractivity contribution in [2.45, 2.75) is 31.4 Å². The monoisotopic (exact) mass is 404 g/mol. The first-order valence-electron chi connectivity index (χ1n) is 4.26. The third-order valence-corrected chi connectivity index (χ3v) is 5.38. The van der Waals surface area contributed by atoms with Crippen LogP contribution in [0.15, 0.2) is 6.33 Å². The van der Waals surface area contributed by atoms with Crippen LogP contribution in [0, 0.1) is 7.40 Å². The molecule has 1 fully saturated rings. The molecule has 2 rings (SSSR count). The predicted octanol–water partition coefficient (Wildman–Crippen LogP) is 2.18. The van der Waals surface area contributed by atoms with Gasteiger partial charge in [0, 0.05) is 0 Å². The number of halogens is 2. The number of aliphatic hydroxyl groups is 1. The minimum absolute atomic E-state index is 0.182. The summed E-state index contributed by atoms with van der Waals surface area (Å²) < 4.78 is 4.27. The van der Waals surface area contributed by atoms with Gasteiger partial charge in [-0.3, -0.25) is 0 Å². The summed E-state index contributed by atoms with van der Waals surface area (Å²) in [6, 6.07) is 0.253. The Morgan fingerprint density at radius 2 is 2.23 bits per heavy atom. The molecule has 2 atom stereocenters. The molecule has 0 spiro atoms. The van der Waals surface area contributed by atoms with E-state index in [9.17, 15) is 5.11 Å². The zero-order valence-electron chi connectivity index (χ0n) is 6.95. The van der Waals surface area contributed by atoms with Crippen molar-refractivity contribution in [1.29, 1.82) is 0 Å². The van der Waals surface area contributed by atoms with Crippen LogP contribution in [0.4, 0.5) is 0 Å². The molecule has 1 N–H and O–H groups in total. The van der Waals surface area contributed by atoms with Crippen LogP contribution in [0.1, 0.15) is 25.3 Å². The number of rotatable bonds is 1. The van der Waals surface area contributed by atoms with Crippen molar-refractivity contribution in [3.8, 4) is 0 Å². The molecule has 0 saturated heterocycles.